The molecule has 134 valence electrons. The van der Waals surface area contributed by atoms with Crippen LogP contribution in [0.3, 0.4) is 0 Å². The van der Waals surface area contributed by atoms with E-state index in [-0.39, 0.29) is 23.5 Å². The van der Waals surface area contributed by atoms with Crippen LogP contribution in [0.25, 0.3) is 0 Å². The second-order valence-corrected chi connectivity index (χ2v) is 8.08. The van der Waals surface area contributed by atoms with E-state index in [1.165, 1.54) is 31.0 Å². The van der Waals surface area contributed by atoms with E-state index in [0.717, 1.165) is 12.8 Å². The summed E-state index contributed by atoms with van der Waals surface area (Å²) in [6, 6.07) is 3.80. The lowest BCUT2D eigenvalue weighted by Gasteiger charge is -2.15. The second-order valence-electron chi connectivity index (χ2n) is 6.79. The van der Waals surface area contributed by atoms with Crippen LogP contribution < -0.4 is 5.56 Å². The van der Waals surface area contributed by atoms with Gasteiger partial charge in [0.1, 0.15) is 11.6 Å². The maximum Gasteiger partial charge on any atom is 0.255 e. The normalized spacial score (nSPS) is 15.2. The number of halogens is 2. The van der Waals surface area contributed by atoms with Crippen molar-refractivity contribution in [2.75, 3.05) is 0 Å². The van der Waals surface area contributed by atoms with E-state index in [0.29, 0.717) is 21.7 Å². The zero-order valence-corrected chi connectivity index (χ0v) is 15.3. The van der Waals surface area contributed by atoms with Gasteiger partial charge in [-0.2, -0.15) is 0 Å². The van der Waals surface area contributed by atoms with Gasteiger partial charge in [-0.25, -0.2) is 13.8 Å². The quantitative estimate of drug-likeness (QED) is 0.776. The van der Waals surface area contributed by atoms with E-state index in [4.69, 9.17) is 0 Å². The molecule has 1 aliphatic carbocycles. The topological polar surface area (TPSA) is 45.8 Å². The summed E-state index contributed by atoms with van der Waals surface area (Å²) in [5.41, 5.74) is 0.707. The zero-order valence-electron chi connectivity index (χ0n) is 14.4. The summed E-state index contributed by atoms with van der Waals surface area (Å²) in [5.74, 6) is -1.30. The maximum atomic E-state index is 14.0. The number of hydrogen-bond acceptors (Lipinski definition) is 3. The molecule has 0 spiro atoms. The highest BCUT2D eigenvalue weighted by Gasteiger charge is 2.21. The third kappa shape index (κ3) is 4.11. The van der Waals surface area contributed by atoms with Crippen LogP contribution in [0.15, 0.2) is 28.2 Å². The van der Waals surface area contributed by atoms with E-state index in [2.05, 4.69) is 9.97 Å². The Balaban J connectivity index is 1.99. The van der Waals surface area contributed by atoms with E-state index in [9.17, 15) is 13.6 Å². The molecule has 0 amide bonds. The van der Waals surface area contributed by atoms with E-state index < -0.39 is 11.6 Å². The molecule has 0 aliphatic heterocycles. The summed E-state index contributed by atoms with van der Waals surface area (Å²) in [4.78, 5) is 20.0. The molecule has 0 unspecified atom stereocenters. The molecule has 1 aromatic carbocycles. The molecule has 3 nitrogen and oxygen atoms in total. The van der Waals surface area contributed by atoms with Gasteiger partial charge in [0, 0.05) is 22.8 Å². The van der Waals surface area contributed by atoms with Crippen LogP contribution in [-0.2, 0) is 6.42 Å². The minimum atomic E-state index is -0.609. The Labute approximate surface area is 150 Å². The average Bonchev–Trinajstić information content (AvgIpc) is 3.03. The van der Waals surface area contributed by atoms with Gasteiger partial charge >= 0.3 is 0 Å². The Morgan fingerprint density at radius 3 is 2.48 bits per heavy atom. The number of nitrogens with one attached hydrogen (secondary N) is 1. The Morgan fingerprint density at radius 2 is 1.88 bits per heavy atom. The van der Waals surface area contributed by atoms with Crippen LogP contribution in [0, 0.1) is 11.6 Å². The van der Waals surface area contributed by atoms with Crippen molar-refractivity contribution >= 4 is 11.8 Å². The van der Waals surface area contributed by atoms with Crippen molar-refractivity contribution < 1.29 is 8.78 Å². The summed E-state index contributed by atoms with van der Waals surface area (Å²) in [7, 11) is 0. The number of aromatic amines is 1. The van der Waals surface area contributed by atoms with Gasteiger partial charge in [-0.15, -0.1) is 0 Å². The molecular formula is C19H22F2N2OS. The summed E-state index contributed by atoms with van der Waals surface area (Å²) in [6.45, 7) is 3.77. The van der Waals surface area contributed by atoms with E-state index >= 15 is 0 Å². The van der Waals surface area contributed by atoms with Crippen molar-refractivity contribution in [2.24, 2.45) is 0 Å². The fraction of sp³-hybridized carbons (Fsp3) is 0.474. The highest BCUT2D eigenvalue weighted by Crippen LogP contribution is 2.33. The fourth-order valence-electron chi connectivity index (χ4n) is 3.32. The van der Waals surface area contributed by atoms with Crippen molar-refractivity contribution in [1.29, 1.82) is 0 Å². The fourth-order valence-corrected chi connectivity index (χ4v) is 4.52. The zero-order chi connectivity index (χ0) is 18.0. The summed E-state index contributed by atoms with van der Waals surface area (Å²) in [6.07, 6.45) is 4.59. The molecule has 0 saturated heterocycles. The van der Waals surface area contributed by atoms with Crippen LogP contribution in [0.2, 0.25) is 0 Å². The first-order valence-electron chi connectivity index (χ1n) is 8.68. The Morgan fingerprint density at radius 1 is 1.24 bits per heavy atom. The van der Waals surface area contributed by atoms with Gasteiger partial charge in [-0.3, -0.25) is 4.79 Å². The minimum absolute atomic E-state index is 0.0197. The molecule has 6 heteroatoms. The van der Waals surface area contributed by atoms with Crippen LogP contribution in [-0.4, -0.2) is 15.2 Å². The van der Waals surface area contributed by atoms with Crippen LogP contribution in [0.5, 0.6) is 0 Å². The van der Waals surface area contributed by atoms with Crippen LogP contribution >= 0.6 is 11.8 Å². The van der Waals surface area contributed by atoms with Crippen LogP contribution in [0.4, 0.5) is 8.78 Å². The van der Waals surface area contributed by atoms with Gasteiger partial charge in [-0.1, -0.05) is 44.5 Å². The van der Waals surface area contributed by atoms with Gasteiger partial charge in [0.25, 0.3) is 5.56 Å². The first-order valence-corrected chi connectivity index (χ1v) is 9.56. The monoisotopic (exact) mass is 364 g/mol. The highest BCUT2D eigenvalue weighted by molar-refractivity contribution is 7.99. The van der Waals surface area contributed by atoms with Crippen molar-refractivity contribution in [3.05, 3.63) is 57.0 Å². The predicted octanol–water partition coefficient (Wildman–Crippen LogP) is 4.80. The highest BCUT2D eigenvalue weighted by atomic mass is 32.2. The average molecular weight is 364 g/mol. The van der Waals surface area contributed by atoms with Crippen molar-refractivity contribution in [2.45, 2.75) is 62.3 Å². The third-order valence-corrected chi connectivity index (χ3v) is 5.80. The molecule has 0 bridgehead atoms. The molecule has 0 radical (unpaired) electrons. The molecule has 1 saturated carbocycles. The Hall–Kier alpha value is -1.69. The molecule has 2 aromatic rings. The number of nitrogens with zero attached hydrogens (tertiary/aromatic N) is 1. The number of hydrogen-bond donors (Lipinski definition) is 1. The number of rotatable bonds is 5. The van der Waals surface area contributed by atoms with E-state index in [1.54, 1.807) is 11.8 Å². The van der Waals surface area contributed by atoms with Crippen molar-refractivity contribution in [3.8, 4) is 0 Å². The molecule has 1 fully saturated rings. The first kappa shape index (κ1) is 18.1. The number of H-pyrrole nitrogens is 1. The number of benzene rings is 1. The standard InChI is InChI=1S/C19H22F2N2OS/c1-11(2)17-16(10-13-14(20)8-5-9-15(13)21)22-19(23-18(17)24)25-12-6-3-4-7-12/h5,8-9,11-12H,3-4,6-7,10H2,1-2H3,(H,22,23,24). The largest absolute Gasteiger partial charge is 0.301 e. The van der Waals surface area contributed by atoms with Crippen LogP contribution in [0.1, 0.15) is 62.3 Å². The van der Waals surface area contributed by atoms with Crippen molar-refractivity contribution in [1.82, 2.24) is 9.97 Å². The van der Waals surface area contributed by atoms with E-state index in [1.807, 2.05) is 13.8 Å². The Bertz CT molecular complexity index is 793. The lowest BCUT2D eigenvalue weighted by molar-refractivity contribution is 0.558. The predicted molar refractivity (Wildman–Crippen MR) is 96.2 cm³/mol. The SMILES string of the molecule is CC(C)c1c(Cc2c(F)cccc2F)nc(SC2CCCC2)[nH]c1=O. The summed E-state index contributed by atoms with van der Waals surface area (Å²) < 4.78 is 28.1. The second kappa shape index (κ2) is 7.68. The summed E-state index contributed by atoms with van der Waals surface area (Å²) in [5, 5.41) is 0.999. The smallest absolute Gasteiger partial charge is 0.255 e. The molecular weight excluding hydrogens is 342 g/mol. The third-order valence-electron chi connectivity index (χ3n) is 4.58. The van der Waals surface area contributed by atoms with Gasteiger partial charge in [0.05, 0.1) is 5.69 Å². The molecule has 25 heavy (non-hydrogen) atoms. The molecule has 1 N–H and O–H groups in total. The molecule has 3 rings (SSSR count). The number of aromatic nitrogens is 2. The lowest BCUT2D eigenvalue weighted by atomic mass is 9.98. The first-order chi connectivity index (χ1) is 12.0. The molecule has 1 heterocycles. The van der Waals surface area contributed by atoms with Gasteiger partial charge in [0.15, 0.2) is 5.16 Å². The van der Waals surface area contributed by atoms with Gasteiger partial charge in [0.2, 0.25) is 0 Å². The van der Waals surface area contributed by atoms with Crippen molar-refractivity contribution in [3.63, 3.8) is 0 Å². The number of thioether (sulfide) groups is 1. The molecule has 0 atom stereocenters. The maximum absolute atomic E-state index is 14.0. The molecule has 1 aromatic heterocycles. The minimum Gasteiger partial charge on any atom is -0.301 e. The summed E-state index contributed by atoms with van der Waals surface area (Å²) >= 11 is 1.56. The van der Waals surface area contributed by atoms with Gasteiger partial charge < -0.3 is 4.98 Å². The van der Waals surface area contributed by atoms with Gasteiger partial charge in [-0.05, 0) is 30.9 Å². The molecule has 1 aliphatic rings. The Kier molecular flexibility index (Phi) is 5.57. The lowest BCUT2D eigenvalue weighted by Crippen LogP contribution is -2.21.